The first-order valence-electron chi connectivity index (χ1n) is 5.99. The third kappa shape index (κ3) is 3.08. The van der Waals surface area contributed by atoms with Crippen molar-refractivity contribution in [2.75, 3.05) is 18.0 Å². The van der Waals surface area contributed by atoms with Gasteiger partial charge >= 0.3 is 11.8 Å². The molecule has 1 aliphatic heterocycles. The number of pyridine rings is 1. The van der Waals surface area contributed by atoms with Gasteiger partial charge in [-0.05, 0) is 18.9 Å². The lowest BCUT2D eigenvalue weighted by molar-refractivity contribution is -0.384. The molecule has 20 heavy (non-hydrogen) atoms. The van der Waals surface area contributed by atoms with Crippen LogP contribution in [0.25, 0.3) is 0 Å². The number of rotatable bonds is 3. The van der Waals surface area contributed by atoms with Crippen LogP contribution >= 0.6 is 11.6 Å². The summed E-state index contributed by atoms with van der Waals surface area (Å²) in [6.45, 7) is 0.948. The van der Waals surface area contributed by atoms with Gasteiger partial charge in [-0.1, -0.05) is 11.6 Å². The van der Waals surface area contributed by atoms with Crippen molar-refractivity contribution >= 4 is 29.1 Å². The second-order valence-electron chi connectivity index (χ2n) is 4.37. The van der Waals surface area contributed by atoms with Crippen molar-refractivity contribution in [1.82, 2.24) is 4.98 Å². The van der Waals surface area contributed by atoms with Crippen LogP contribution in [0.1, 0.15) is 12.8 Å². The summed E-state index contributed by atoms with van der Waals surface area (Å²) in [4.78, 5) is 26.8. The SMILES string of the molecule is NC(=O)O[C@H]1CCCN(c2ccnc(Cl)c2[N+](=O)[O-])C1. The van der Waals surface area contributed by atoms with Crippen molar-refractivity contribution in [3.8, 4) is 0 Å². The van der Waals surface area contributed by atoms with E-state index in [0.717, 1.165) is 6.42 Å². The Labute approximate surface area is 119 Å². The molecule has 1 saturated heterocycles. The number of nitrogens with two attached hydrogens (primary N) is 1. The van der Waals surface area contributed by atoms with Gasteiger partial charge in [-0.3, -0.25) is 10.1 Å². The van der Waals surface area contributed by atoms with Crippen LogP contribution in [-0.2, 0) is 4.74 Å². The quantitative estimate of drug-likeness (QED) is 0.516. The molecule has 2 N–H and O–H groups in total. The molecule has 0 spiro atoms. The Morgan fingerprint density at radius 2 is 2.40 bits per heavy atom. The zero-order valence-electron chi connectivity index (χ0n) is 10.5. The van der Waals surface area contributed by atoms with Crippen molar-refractivity contribution in [2.45, 2.75) is 18.9 Å². The molecule has 2 heterocycles. The lowest BCUT2D eigenvalue weighted by atomic mass is 10.1. The van der Waals surface area contributed by atoms with Crippen molar-refractivity contribution in [3.05, 3.63) is 27.5 Å². The molecule has 1 aromatic heterocycles. The van der Waals surface area contributed by atoms with Crippen LogP contribution in [-0.4, -0.2) is 35.2 Å². The predicted octanol–water partition coefficient (Wildman–Crippen LogP) is 1.71. The number of halogens is 1. The van der Waals surface area contributed by atoms with E-state index in [1.165, 1.54) is 12.3 Å². The molecule has 1 aliphatic rings. The monoisotopic (exact) mass is 300 g/mol. The first-order chi connectivity index (χ1) is 9.49. The first kappa shape index (κ1) is 14.3. The number of piperidine rings is 1. The van der Waals surface area contributed by atoms with Gasteiger partial charge in [0.1, 0.15) is 11.8 Å². The van der Waals surface area contributed by atoms with E-state index in [4.69, 9.17) is 22.1 Å². The summed E-state index contributed by atoms with van der Waals surface area (Å²) in [6.07, 6.45) is 1.58. The lowest BCUT2D eigenvalue weighted by Crippen LogP contribution is -2.41. The van der Waals surface area contributed by atoms with Crippen molar-refractivity contribution in [1.29, 1.82) is 0 Å². The normalized spacial score (nSPS) is 18.6. The smallest absolute Gasteiger partial charge is 0.404 e. The Morgan fingerprint density at radius 1 is 1.65 bits per heavy atom. The van der Waals surface area contributed by atoms with Crippen LogP contribution in [0.15, 0.2) is 12.3 Å². The minimum absolute atomic E-state index is 0.162. The Bertz CT molecular complexity index is 539. The number of hydrogen-bond acceptors (Lipinski definition) is 6. The molecule has 0 aliphatic carbocycles. The van der Waals surface area contributed by atoms with E-state index in [1.807, 2.05) is 0 Å². The second-order valence-corrected chi connectivity index (χ2v) is 4.73. The summed E-state index contributed by atoms with van der Waals surface area (Å²) in [6, 6.07) is 1.52. The van der Waals surface area contributed by atoms with Crippen LogP contribution < -0.4 is 10.6 Å². The average Bonchev–Trinajstić information content (AvgIpc) is 2.37. The lowest BCUT2D eigenvalue weighted by Gasteiger charge is -2.33. The number of hydrogen-bond donors (Lipinski definition) is 1. The number of carbonyl (C=O) groups is 1. The summed E-state index contributed by atoms with van der Waals surface area (Å²) in [5.74, 6) is 0. The minimum atomic E-state index is -0.848. The number of primary amides is 1. The molecule has 2 rings (SSSR count). The summed E-state index contributed by atoms with van der Waals surface area (Å²) in [7, 11) is 0. The molecule has 0 aromatic carbocycles. The van der Waals surface area contributed by atoms with Gasteiger partial charge in [0, 0.05) is 12.7 Å². The molecule has 9 heteroatoms. The van der Waals surface area contributed by atoms with Gasteiger partial charge in [-0.2, -0.15) is 0 Å². The van der Waals surface area contributed by atoms with E-state index in [2.05, 4.69) is 4.98 Å². The van der Waals surface area contributed by atoms with E-state index in [0.29, 0.717) is 25.2 Å². The summed E-state index contributed by atoms with van der Waals surface area (Å²) < 4.78 is 4.95. The summed E-state index contributed by atoms with van der Waals surface area (Å²) >= 11 is 5.78. The number of anilines is 1. The number of nitro groups is 1. The van der Waals surface area contributed by atoms with Crippen molar-refractivity contribution in [2.24, 2.45) is 5.73 Å². The molecule has 1 fully saturated rings. The van der Waals surface area contributed by atoms with Crippen molar-refractivity contribution in [3.63, 3.8) is 0 Å². The van der Waals surface area contributed by atoms with Gasteiger partial charge in [0.25, 0.3) is 0 Å². The maximum Gasteiger partial charge on any atom is 0.404 e. The Hall–Kier alpha value is -2.09. The number of ether oxygens (including phenoxy) is 1. The van der Waals surface area contributed by atoms with Crippen LogP contribution in [0.5, 0.6) is 0 Å². The van der Waals surface area contributed by atoms with Crippen molar-refractivity contribution < 1.29 is 14.5 Å². The molecule has 8 nitrogen and oxygen atoms in total. The highest BCUT2D eigenvalue weighted by Crippen LogP contribution is 2.34. The third-order valence-electron chi connectivity index (χ3n) is 3.04. The van der Waals surface area contributed by atoms with Crippen LogP contribution in [0.3, 0.4) is 0 Å². The number of aromatic nitrogens is 1. The van der Waals surface area contributed by atoms with Gasteiger partial charge in [0.15, 0.2) is 0 Å². The molecular weight excluding hydrogens is 288 g/mol. The van der Waals surface area contributed by atoms with Gasteiger partial charge in [-0.15, -0.1) is 0 Å². The van der Waals surface area contributed by atoms with E-state index in [9.17, 15) is 14.9 Å². The summed E-state index contributed by atoms with van der Waals surface area (Å²) in [5.41, 5.74) is 5.12. The Kier molecular flexibility index (Phi) is 4.23. The molecular formula is C11H13ClN4O4. The van der Waals surface area contributed by atoms with Crippen LogP contribution in [0.2, 0.25) is 5.15 Å². The highest BCUT2D eigenvalue weighted by molar-refractivity contribution is 6.32. The number of carbonyl (C=O) groups excluding carboxylic acids is 1. The standard InChI is InChI=1S/C11H13ClN4O4/c12-10-9(16(18)19)8(3-4-14-10)15-5-1-2-7(6-15)20-11(13)17/h3-4,7H,1-2,5-6H2,(H2,13,17)/t7-/m0/s1. The predicted molar refractivity (Wildman–Crippen MR) is 71.8 cm³/mol. The molecule has 0 saturated carbocycles. The molecule has 0 bridgehead atoms. The highest BCUT2D eigenvalue weighted by atomic mass is 35.5. The molecule has 1 aromatic rings. The van der Waals surface area contributed by atoms with E-state index >= 15 is 0 Å². The van der Waals surface area contributed by atoms with Crippen LogP contribution in [0, 0.1) is 10.1 Å². The Balaban J connectivity index is 2.25. The molecule has 1 atom stereocenters. The average molecular weight is 301 g/mol. The maximum atomic E-state index is 11.1. The number of nitrogens with zero attached hydrogens (tertiary/aromatic N) is 3. The minimum Gasteiger partial charge on any atom is -0.445 e. The van der Waals surface area contributed by atoms with Gasteiger partial charge in [-0.25, -0.2) is 9.78 Å². The highest BCUT2D eigenvalue weighted by Gasteiger charge is 2.29. The fourth-order valence-electron chi connectivity index (χ4n) is 2.26. The molecule has 0 unspecified atom stereocenters. The second kappa shape index (κ2) is 5.91. The molecule has 108 valence electrons. The van der Waals surface area contributed by atoms with Gasteiger partial charge in [0.05, 0.1) is 11.5 Å². The van der Waals surface area contributed by atoms with E-state index < -0.39 is 11.0 Å². The van der Waals surface area contributed by atoms with E-state index in [-0.39, 0.29) is 16.9 Å². The maximum absolute atomic E-state index is 11.1. The Morgan fingerprint density at radius 3 is 3.05 bits per heavy atom. The zero-order valence-corrected chi connectivity index (χ0v) is 11.2. The zero-order chi connectivity index (χ0) is 14.7. The first-order valence-corrected chi connectivity index (χ1v) is 6.36. The largest absolute Gasteiger partial charge is 0.445 e. The van der Waals surface area contributed by atoms with Gasteiger partial charge in [0.2, 0.25) is 5.15 Å². The molecule has 0 radical (unpaired) electrons. The van der Waals surface area contributed by atoms with E-state index in [1.54, 1.807) is 4.90 Å². The third-order valence-corrected chi connectivity index (χ3v) is 3.32. The summed E-state index contributed by atoms with van der Waals surface area (Å²) in [5, 5.41) is 10.9. The fourth-order valence-corrected chi connectivity index (χ4v) is 2.48. The topological polar surface area (TPSA) is 112 Å². The number of amides is 1. The molecule has 1 amide bonds. The van der Waals surface area contributed by atoms with Gasteiger partial charge < -0.3 is 15.4 Å². The van der Waals surface area contributed by atoms with Crippen LogP contribution in [0.4, 0.5) is 16.2 Å². The fraction of sp³-hybridized carbons (Fsp3) is 0.455.